The summed E-state index contributed by atoms with van der Waals surface area (Å²) in [5.74, 6) is 1.96. The van der Waals surface area contributed by atoms with Crippen molar-refractivity contribution in [2.24, 2.45) is 5.92 Å². The minimum atomic E-state index is 0.806. The lowest BCUT2D eigenvalue weighted by atomic mass is 10.0. The Bertz CT molecular complexity index is 351. The van der Waals surface area contributed by atoms with Crippen molar-refractivity contribution in [1.82, 2.24) is 4.98 Å². The van der Waals surface area contributed by atoms with Crippen molar-refractivity contribution in [3.05, 3.63) is 21.4 Å². The molecule has 2 nitrogen and oxygen atoms in total. The number of piperidine rings is 1. The number of hydrogen-bond donors (Lipinski definition) is 0. The number of pyridine rings is 1. The Morgan fingerprint density at radius 2 is 2.27 bits per heavy atom. The molecule has 0 bridgehead atoms. The number of anilines is 1. The van der Waals surface area contributed by atoms with E-state index in [0.29, 0.717) is 0 Å². The highest BCUT2D eigenvalue weighted by molar-refractivity contribution is 14.1. The Kier molecular flexibility index (Phi) is 3.49. The van der Waals surface area contributed by atoms with E-state index in [0.717, 1.165) is 30.5 Å². The fourth-order valence-corrected chi connectivity index (χ4v) is 2.40. The van der Waals surface area contributed by atoms with Crippen molar-refractivity contribution < 1.29 is 0 Å². The lowest BCUT2D eigenvalue weighted by Gasteiger charge is -2.32. The van der Waals surface area contributed by atoms with Crippen LogP contribution in [0.4, 0.5) is 5.82 Å². The summed E-state index contributed by atoms with van der Waals surface area (Å²) >= 11 is 2.33. The first-order valence-corrected chi connectivity index (χ1v) is 6.63. The van der Waals surface area contributed by atoms with Gasteiger partial charge in [0.05, 0.1) is 5.69 Å². The number of nitrogens with zero attached hydrogens (tertiary/aromatic N) is 2. The number of hydrogen-bond acceptors (Lipinski definition) is 2. The third kappa shape index (κ3) is 2.62. The standard InChI is InChI=1S/C12H17IN2/c1-9-4-3-7-15(8-9)12-6-5-11(13)10(2)14-12/h5-6,9H,3-4,7-8H2,1-2H3. The van der Waals surface area contributed by atoms with E-state index in [1.165, 1.54) is 16.4 Å². The van der Waals surface area contributed by atoms with Crippen molar-refractivity contribution in [2.75, 3.05) is 18.0 Å². The van der Waals surface area contributed by atoms with Gasteiger partial charge in [0, 0.05) is 16.7 Å². The summed E-state index contributed by atoms with van der Waals surface area (Å²) in [6.45, 7) is 6.73. The van der Waals surface area contributed by atoms with E-state index >= 15 is 0 Å². The predicted molar refractivity (Wildman–Crippen MR) is 72.3 cm³/mol. The third-order valence-electron chi connectivity index (χ3n) is 2.99. The molecule has 1 aliphatic rings. The average Bonchev–Trinajstić information content (AvgIpc) is 2.22. The topological polar surface area (TPSA) is 16.1 Å². The van der Waals surface area contributed by atoms with Gasteiger partial charge < -0.3 is 4.90 Å². The van der Waals surface area contributed by atoms with Gasteiger partial charge in [-0.1, -0.05) is 6.92 Å². The van der Waals surface area contributed by atoms with Crippen molar-refractivity contribution in [3.8, 4) is 0 Å². The second-order valence-corrected chi connectivity index (χ2v) is 5.59. The van der Waals surface area contributed by atoms with Gasteiger partial charge in [-0.3, -0.25) is 0 Å². The summed E-state index contributed by atoms with van der Waals surface area (Å²) in [5.41, 5.74) is 1.14. The van der Waals surface area contributed by atoms with Gasteiger partial charge in [-0.25, -0.2) is 4.98 Å². The van der Waals surface area contributed by atoms with E-state index < -0.39 is 0 Å². The Hall–Kier alpha value is -0.320. The molecule has 0 spiro atoms. The maximum atomic E-state index is 4.65. The van der Waals surface area contributed by atoms with E-state index in [-0.39, 0.29) is 0 Å². The first kappa shape index (κ1) is 11.2. The summed E-state index contributed by atoms with van der Waals surface area (Å²) in [7, 11) is 0. The Morgan fingerprint density at radius 3 is 2.93 bits per heavy atom. The highest BCUT2D eigenvalue weighted by Crippen LogP contribution is 2.22. The zero-order valence-electron chi connectivity index (χ0n) is 9.33. The van der Waals surface area contributed by atoms with Crippen molar-refractivity contribution in [3.63, 3.8) is 0 Å². The highest BCUT2D eigenvalue weighted by Gasteiger charge is 2.17. The van der Waals surface area contributed by atoms with Crippen LogP contribution in [0.2, 0.25) is 0 Å². The minimum absolute atomic E-state index is 0.806. The van der Waals surface area contributed by atoms with Crippen LogP contribution >= 0.6 is 22.6 Å². The maximum Gasteiger partial charge on any atom is 0.128 e. The molecule has 1 unspecified atom stereocenters. The molecule has 1 saturated heterocycles. The van der Waals surface area contributed by atoms with Gasteiger partial charge in [0.1, 0.15) is 5.82 Å². The predicted octanol–water partition coefficient (Wildman–Crippen LogP) is 3.23. The van der Waals surface area contributed by atoms with Crippen LogP contribution in [-0.4, -0.2) is 18.1 Å². The van der Waals surface area contributed by atoms with Gasteiger partial charge in [0.15, 0.2) is 0 Å². The molecule has 0 aliphatic carbocycles. The summed E-state index contributed by atoms with van der Waals surface area (Å²) in [6.07, 6.45) is 2.66. The Balaban J connectivity index is 2.18. The number of aromatic nitrogens is 1. The second kappa shape index (κ2) is 4.68. The van der Waals surface area contributed by atoms with Crippen molar-refractivity contribution >= 4 is 28.4 Å². The number of halogens is 1. The maximum absolute atomic E-state index is 4.65. The normalized spacial score (nSPS) is 21.8. The SMILES string of the molecule is Cc1nc(N2CCCC(C)C2)ccc1I. The molecule has 1 aliphatic heterocycles. The molecule has 1 fully saturated rings. The second-order valence-electron chi connectivity index (χ2n) is 4.43. The van der Waals surface area contributed by atoms with Crippen LogP contribution in [0.5, 0.6) is 0 Å². The molecule has 0 amide bonds. The first-order chi connectivity index (χ1) is 7.16. The Labute approximate surface area is 105 Å². The summed E-state index contributed by atoms with van der Waals surface area (Å²) in [5, 5.41) is 0. The molecule has 15 heavy (non-hydrogen) atoms. The van der Waals surface area contributed by atoms with Gasteiger partial charge >= 0.3 is 0 Å². The minimum Gasteiger partial charge on any atom is -0.356 e. The smallest absolute Gasteiger partial charge is 0.128 e. The molecular formula is C12H17IN2. The zero-order chi connectivity index (χ0) is 10.8. The monoisotopic (exact) mass is 316 g/mol. The molecule has 0 N–H and O–H groups in total. The Morgan fingerprint density at radius 1 is 1.47 bits per heavy atom. The lowest BCUT2D eigenvalue weighted by Crippen LogP contribution is -2.34. The van der Waals surface area contributed by atoms with Crippen LogP contribution < -0.4 is 4.90 Å². The molecule has 82 valence electrons. The lowest BCUT2D eigenvalue weighted by molar-refractivity contribution is 0.444. The molecular weight excluding hydrogens is 299 g/mol. The van der Waals surface area contributed by atoms with Crippen LogP contribution in [0.15, 0.2) is 12.1 Å². The van der Waals surface area contributed by atoms with Crippen LogP contribution in [0.3, 0.4) is 0 Å². The van der Waals surface area contributed by atoms with E-state index in [2.05, 4.69) is 58.5 Å². The van der Waals surface area contributed by atoms with E-state index in [1.54, 1.807) is 0 Å². The molecule has 2 heterocycles. The van der Waals surface area contributed by atoms with E-state index in [1.807, 2.05) is 0 Å². The molecule has 0 aromatic carbocycles. The van der Waals surface area contributed by atoms with Gasteiger partial charge in [-0.15, -0.1) is 0 Å². The average molecular weight is 316 g/mol. The molecule has 1 aromatic heterocycles. The molecule has 3 heteroatoms. The molecule has 0 radical (unpaired) electrons. The largest absolute Gasteiger partial charge is 0.356 e. The van der Waals surface area contributed by atoms with E-state index in [9.17, 15) is 0 Å². The summed E-state index contributed by atoms with van der Waals surface area (Å²) in [4.78, 5) is 7.06. The quantitative estimate of drug-likeness (QED) is 0.740. The van der Waals surface area contributed by atoms with Crippen LogP contribution in [0, 0.1) is 16.4 Å². The molecule has 1 atom stereocenters. The fourth-order valence-electron chi connectivity index (χ4n) is 2.10. The van der Waals surface area contributed by atoms with E-state index in [4.69, 9.17) is 0 Å². The summed E-state index contributed by atoms with van der Waals surface area (Å²) < 4.78 is 1.25. The van der Waals surface area contributed by atoms with Crippen LogP contribution in [0.25, 0.3) is 0 Å². The molecule has 1 aromatic rings. The van der Waals surface area contributed by atoms with Gasteiger partial charge in [0.2, 0.25) is 0 Å². The van der Waals surface area contributed by atoms with Crippen molar-refractivity contribution in [2.45, 2.75) is 26.7 Å². The number of rotatable bonds is 1. The number of aryl methyl sites for hydroxylation is 1. The van der Waals surface area contributed by atoms with Crippen LogP contribution in [0.1, 0.15) is 25.5 Å². The fraction of sp³-hybridized carbons (Fsp3) is 0.583. The third-order valence-corrected chi connectivity index (χ3v) is 4.13. The zero-order valence-corrected chi connectivity index (χ0v) is 11.5. The highest BCUT2D eigenvalue weighted by atomic mass is 127. The van der Waals surface area contributed by atoms with Gasteiger partial charge in [-0.05, 0) is 60.4 Å². The van der Waals surface area contributed by atoms with Gasteiger partial charge in [-0.2, -0.15) is 0 Å². The molecule has 2 rings (SSSR count). The summed E-state index contributed by atoms with van der Waals surface area (Å²) in [6, 6.07) is 4.31. The van der Waals surface area contributed by atoms with Crippen LogP contribution in [-0.2, 0) is 0 Å². The first-order valence-electron chi connectivity index (χ1n) is 5.55. The van der Waals surface area contributed by atoms with Crippen molar-refractivity contribution in [1.29, 1.82) is 0 Å². The van der Waals surface area contributed by atoms with Gasteiger partial charge in [0.25, 0.3) is 0 Å². The molecule has 0 saturated carbocycles.